The molecule has 3 rings (SSSR count). The maximum atomic E-state index is 14.2. The summed E-state index contributed by atoms with van der Waals surface area (Å²) in [7, 11) is -1.15. The molecule has 3 aromatic carbocycles. The molecule has 9 nitrogen and oxygen atoms in total. The number of unbranched alkanes of at least 4 members (excludes halogenated alkanes) is 1. The van der Waals surface area contributed by atoms with Crippen LogP contribution in [0.5, 0.6) is 11.5 Å². The molecule has 43 heavy (non-hydrogen) atoms. The summed E-state index contributed by atoms with van der Waals surface area (Å²) in [6.45, 7) is 5.86. The van der Waals surface area contributed by atoms with Gasteiger partial charge in [-0.1, -0.05) is 50.1 Å². The van der Waals surface area contributed by atoms with Gasteiger partial charge in [-0.2, -0.15) is 0 Å². The van der Waals surface area contributed by atoms with Gasteiger partial charge < -0.3 is 19.7 Å². The molecule has 0 aliphatic heterocycles. The second-order valence-corrected chi connectivity index (χ2v) is 12.8. The third kappa shape index (κ3) is 8.73. The molecular weight excluding hydrogens is 634 g/mol. The topological polar surface area (TPSA) is 105 Å². The standard InChI is InChI=1S/C32H40BrN3O6S/c1-6-8-19-34-32(38)29(7-2)35(21-24-11-15-26(41-4)16-12-24)31(37)22-36(25-13-9-23(3)10-14-25)43(39,40)27-17-18-30(42-5)28(33)20-27/h9-18,20,29H,6-8,19,21-22H2,1-5H3,(H,34,38)/t29-/m0/s1. The van der Waals surface area contributed by atoms with Gasteiger partial charge in [0.2, 0.25) is 11.8 Å². The van der Waals surface area contributed by atoms with Gasteiger partial charge in [-0.05, 0) is 83.7 Å². The van der Waals surface area contributed by atoms with Crippen molar-refractivity contribution in [3.8, 4) is 11.5 Å². The zero-order chi connectivity index (χ0) is 31.6. The number of aryl methyl sites for hydroxylation is 1. The molecule has 1 N–H and O–H groups in total. The fourth-order valence-corrected chi connectivity index (χ4v) is 6.66. The van der Waals surface area contributed by atoms with Crippen LogP contribution in [0.3, 0.4) is 0 Å². The number of methoxy groups -OCH3 is 2. The Morgan fingerprint density at radius 3 is 2.19 bits per heavy atom. The number of amides is 2. The first-order chi connectivity index (χ1) is 20.5. The van der Waals surface area contributed by atoms with Crippen molar-refractivity contribution in [2.24, 2.45) is 0 Å². The summed E-state index contributed by atoms with van der Waals surface area (Å²) in [5.41, 5.74) is 2.05. The summed E-state index contributed by atoms with van der Waals surface area (Å²) in [4.78, 5) is 29.0. The minimum atomic E-state index is -4.21. The van der Waals surface area contributed by atoms with Crippen LogP contribution in [0.15, 0.2) is 76.1 Å². The van der Waals surface area contributed by atoms with Crippen molar-refractivity contribution in [1.29, 1.82) is 0 Å². The molecule has 0 radical (unpaired) electrons. The minimum absolute atomic E-state index is 0.0143. The summed E-state index contributed by atoms with van der Waals surface area (Å²) in [6, 6.07) is 17.8. The monoisotopic (exact) mass is 673 g/mol. The fourth-order valence-electron chi connectivity index (χ4n) is 4.53. The van der Waals surface area contributed by atoms with Gasteiger partial charge in [-0.15, -0.1) is 0 Å². The molecule has 0 fully saturated rings. The Morgan fingerprint density at radius 1 is 0.953 bits per heavy atom. The maximum Gasteiger partial charge on any atom is 0.264 e. The van der Waals surface area contributed by atoms with Crippen LogP contribution in [0.4, 0.5) is 5.69 Å². The average Bonchev–Trinajstić information content (AvgIpc) is 3.00. The summed E-state index contributed by atoms with van der Waals surface area (Å²) >= 11 is 3.37. The normalized spacial score (nSPS) is 11.9. The number of rotatable bonds is 15. The Bertz CT molecular complexity index is 1480. The second kappa shape index (κ2) is 15.8. The van der Waals surface area contributed by atoms with Crippen LogP contribution in [0.2, 0.25) is 0 Å². The molecule has 11 heteroatoms. The van der Waals surface area contributed by atoms with E-state index in [0.29, 0.717) is 34.6 Å². The second-order valence-electron chi connectivity index (χ2n) is 10.1. The molecule has 0 heterocycles. The van der Waals surface area contributed by atoms with Gasteiger partial charge >= 0.3 is 0 Å². The zero-order valence-electron chi connectivity index (χ0n) is 25.3. The number of nitrogens with one attached hydrogen (secondary N) is 1. The molecule has 0 saturated heterocycles. The zero-order valence-corrected chi connectivity index (χ0v) is 27.7. The quantitative estimate of drug-likeness (QED) is 0.208. The molecule has 1 atom stereocenters. The number of carbonyl (C=O) groups is 2. The van der Waals surface area contributed by atoms with Crippen molar-refractivity contribution in [2.45, 2.75) is 57.5 Å². The van der Waals surface area contributed by atoms with E-state index in [1.807, 2.05) is 32.9 Å². The van der Waals surface area contributed by atoms with Gasteiger partial charge in [0.25, 0.3) is 10.0 Å². The molecule has 2 amide bonds. The first-order valence-corrected chi connectivity index (χ1v) is 16.4. The number of sulfonamides is 1. The number of hydrogen-bond acceptors (Lipinski definition) is 6. The van der Waals surface area contributed by atoms with E-state index in [1.165, 1.54) is 24.1 Å². The summed E-state index contributed by atoms with van der Waals surface area (Å²) in [6.07, 6.45) is 2.07. The molecule has 0 bridgehead atoms. The average molecular weight is 675 g/mol. The lowest BCUT2D eigenvalue weighted by atomic mass is 10.1. The smallest absolute Gasteiger partial charge is 0.264 e. The van der Waals surface area contributed by atoms with Crippen LogP contribution >= 0.6 is 15.9 Å². The van der Waals surface area contributed by atoms with Gasteiger partial charge in [0, 0.05) is 13.1 Å². The van der Waals surface area contributed by atoms with Crippen molar-refractivity contribution >= 4 is 43.5 Å². The van der Waals surface area contributed by atoms with E-state index in [9.17, 15) is 18.0 Å². The number of carbonyl (C=O) groups excluding carboxylic acids is 2. The Hall–Kier alpha value is -3.57. The van der Waals surface area contributed by atoms with E-state index in [-0.39, 0.29) is 17.3 Å². The van der Waals surface area contributed by atoms with E-state index in [4.69, 9.17) is 9.47 Å². The molecule has 0 aliphatic rings. The molecule has 232 valence electrons. The van der Waals surface area contributed by atoms with Crippen molar-refractivity contribution in [3.63, 3.8) is 0 Å². The highest BCUT2D eigenvalue weighted by Gasteiger charge is 2.34. The Labute approximate surface area is 263 Å². The van der Waals surface area contributed by atoms with Crippen molar-refractivity contribution in [3.05, 3.63) is 82.3 Å². The van der Waals surface area contributed by atoms with E-state index in [2.05, 4.69) is 21.2 Å². The van der Waals surface area contributed by atoms with Crippen LogP contribution in [0, 0.1) is 6.92 Å². The largest absolute Gasteiger partial charge is 0.497 e. The fraction of sp³-hybridized carbons (Fsp3) is 0.375. The Morgan fingerprint density at radius 2 is 1.63 bits per heavy atom. The number of halogens is 1. The Balaban J connectivity index is 2.05. The predicted octanol–water partition coefficient (Wildman–Crippen LogP) is 5.69. The molecule has 0 spiro atoms. The molecule has 0 unspecified atom stereocenters. The molecule has 3 aromatic rings. The van der Waals surface area contributed by atoms with Crippen LogP contribution < -0.4 is 19.1 Å². The van der Waals surface area contributed by atoms with E-state index >= 15 is 0 Å². The first-order valence-electron chi connectivity index (χ1n) is 14.2. The summed E-state index contributed by atoms with van der Waals surface area (Å²) < 4.78 is 40.3. The van der Waals surface area contributed by atoms with Gasteiger partial charge in [-0.25, -0.2) is 8.42 Å². The molecule has 0 aliphatic carbocycles. The van der Waals surface area contributed by atoms with Gasteiger partial charge in [0.05, 0.1) is 29.3 Å². The van der Waals surface area contributed by atoms with E-state index in [1.54, 1.807) is 49.6 Å². The van der Waals surface area contributed by atoms with E-state index < -0.39 is 28.5 Å². The maximum absolute atomic E-state index is 14.2. The SMILES string of the molecule is CCCCNC(=O)[C@H](CC)N(Cc1ccc(OC)cc1)C(=O)CN(c1ccc(C)cc1)S(=O)(=O)c1ccc(OC)c(Br)c1. The Kier molecular flexibility index (Phi) is 12.4. The van der Waals surface area contributed by atoms with Crippen molar-refractivity contribution in [2.75, 3.05) is 31.6 Å². The van der Waals surface area contributed by atoms with Gasteiger partial charge in [-0.3, -0.25) is 13.9 Å². The minimum Gasteiger partial charge on any atom is -0.497 e. The number of nitrogens with zero attached hydrogens (tertiary/aromatic N) is 2. The van der Waals surface area contributed by atoms with Gasteiger partial charge in [0.1, 0.15) is 24.1 Å². The van der Waals surface area contributed by atoms with E-state index in [0.717, 1.165) is 28.3 Å². The lowest BCUT2D eigenvalue weighted by Crippen LogP contribution is -2.52. The molecule has 0 saturated carbocycles. The van der Waals surface area contributed by atoms with Crippen LogP contribution in [0.1, 0.15) is 44.2 Å². The highest BCUT2D eigenvalue weighted by Crippen LogP contribution is 2.31. The third-order valence-electron chi connectivity index (χ3n) is 7.04. The highest BCUT2D eigenvalue weighted by atomic mass is 79.9. The number of anilines is 1. The van der Waals surface area contributed by atoms with Crippen LogP contribution in [-0.4, -0.2) is 58.5 Å². The van der Waals surface area contributed by atoms with Crippen LogP contribution in [-0.2, 0) is 26.2 Å². The van der Waals surface area contributed by atoms with Crippen molar-refractivity contribution < 1.29 is 27.5 Å². The first kappa shape index (κ1) is 33.9. The highest BCUT2D eigenvalue weighted by molar-refractivity contribution is 9.10. The molecule has 0 aromatic heterocycles. The number of hydrogen-bond donors (Lipinski definition) is 1. The number of ether oxygens (including phenoxy) is 2. The lowest BCUT2D eigenvalue weighted by molar-refractivity contribution is -0.140. The molecular formula is C32H40BrN3O6S. The predicted molar refractivity (Wildman–Crippen MR) is 172 cm³/mol. The summed E-state index contributed by atoms with van der Waals surface area (Å²) in [5.74, 6) is 0.349. The van der Waals surface area contributed by atoms with Crippen molar-refractivity contribution in [1.82, 2.24) is 10.2 Å². The third-order valence-corrected chi connectivity index (χ3v) is 9.43. The number of benzene rings is 3. The van der Waals surface area contributed by atoms with Gasteiger partial charge in [0.15, 0.2) is 0 Å². The summed E-state index contributed by atoms with van der Waals surface area (Å²) in [5, 5.41) is 2.94. The lowest BCUT2D eigenvalue weighted by Gasteiger charge is -2.33. The van der Waals surface area contributed by atoms with Crippen LogP contribution in [0.25, 0.3) is 0 Å².